The number of methoxy groups -OCH3 is 2. The first-order valence-corrected chi connectivity index (χ1v) is 8.39. The van der Waals surface area contributed by atoms with Crippen LogP contribution >= 0.6 is 12.2 Å². The van der Waals surface area contributed by atoms with Crippen molar-refractivity contribution in [2.45, 2.75) is 19.8 Å². The lowest BCUT2D eigenvalue weighted by atomic mass is 10.1. The van der Waals surface area contributed by atoms with Gasteiger partial charge in [0.15, 0.2) is 5.11 Å². The molecule has 0 spiro atoms. The SMILES string of the molecule is COc1ccc(CC/C(C)=N\NC(=S)Nc2ccccc2OC)cc1. The maximum Gasteiger partial charge on any atom is 0.191 e. The molecule has 0 amide bonds. The number of para-hydroxylation sites is 2. The second kappa shape index (κ2) is 9.64. The fraction of sp³-hybridized carbons (Fsp3) is 0.263. The second-order valence-corrected chi connectivity index (χ2v) is 5.87. The summed E-state index contributed by atoms with van der Waals surface area (Å²) in [5.41, 5.74) is 5.88. The minimum Gasteiger partial charge on any atom is -0.497 e. The van der Waals surface area contributed by atoms with Crippen molar-refractivity contribution < 1.29 is 9.47 Å². The first-order valence-electron chi connectivity index (χ1n) is 7.98. The van der Waals surface area contributed by atoms with Crippen molar-refractivity contribution in [3.8, 4) is 11.5 Å². The van der Waals surface area contributed by atoms with Crippen LogP contribution in [-0.2, 0) is 6.42 Å². The van der Waals surface area contributed by atoms with E-state index in [1.165, 1.54) is 5.56 Å². The molecule has 2 rings (SSSR count). The zero-order chi connectivity index (χ0) is 18.1. The van der Waals surface area contributed by atoms with E-state index in [4.69, 9.17) is 21.7 Å². The Bertz CT molecular complexity index is 730. The van der Waals surface area contributed by atoms with E-state index >= 15 is 0 Å². The minimum atomic E-state index is 0.424. The van der Waals surface area contributed by atoms with Gasteiger partial charge < -0.3 is 14.8 Å². The largest absolute Gasteiger partial charge is 0.497 e. The molecular formula is C19H23N3O2S. The Balaban J connectivity index is 1.82. The quantitative estimate of drug-likeness (QED) is 0.446. The molecule has 132 valence electrons. The molecule has 2 N–H and O–H groups in total. The third-order valence-corrected chi connectivity index (χ3v) is 3.83. The zero-order valence-electron chi connectivity index (χ0n) is 14.7. The summed E-state index contributed by atoms with van der Waals surface area (Å²) in [6, 6.07) is 15.6. The first-order chi connectivity index (χ1) is 12.1. The molecule has 25 heavy (non-hydrogen) atoms. The summed E-state index contributed by atoms with van der Waals surface area (Å²) in [7, 11) is 3.29. The molecular weight excluding hydrogens is 334 g/mol. The van der Waals surface area contributed by atoms with Gasteiger partial charge in [-0.15, -0.1) is 0 Å². The third kappa shape index (κ3) is 6.08. The Morgan fingerprint density at radius 2 is 1.76 bits per heavy atom. The highest BCUT2D eigenvalue weighted by Crippen LogP contribution is 2.22. The summed E-state index contributed by atoms with van der Waals surface area (Å²) in [6.07, 6.45) is 1.75. The standard InChI is InChI=1S/C19H23N3O2S/c1-14(8-9-15-10-12-16(23-2)13-11-15)21-22-19(25)20-17-6-4-5-7-18(17)24-3/h4-7,10-13H,8-9H2,1-3H3,(H2,20,22,25)/b21-14-. The molecule has 0 aliphatic carbocycles. The first kappa shape index (κ1) is 18.7. The normalized spacial score (nSPS) is 10.9. The van der Waals surface area contributed by atoms with Gasteiger partial charge in [-0.3, -0.25) is 5.43 Å². The van der Waals surface area contributed by atoms with Crippen LogP contribution in [0.25, 0.3) is 0 Å². The molecule has 0 bridgehead atoms. The molecule has 5 nitrogen and oxygen atoms in total. The van der Waals surface area contributed by atoms with E-state index in [-0.39, 0.29) is 0 Å². The van der Waals surface area contributed by atoms with Gasteiger partial charge in [0, 0.05) is 5.71 Å². The number of hydrogen-bond acceptors (Lipinski definition) is 4. The molecule has 0 aliphatic heterocycles. The van der Waals surface area contributed by atoms with Gasteiger partial charge in [0.2, 0.25) is 0 Å². The lowest BCUT2D eigenvalue weighted by Crippen LogP contribution is -2.25. The van der Waals surface area contributed by atoms with Crippen LogP contribution in [0, 0.1) is 0 Å². The number of ether oxygens (including phenoxy) is 2. The van der Waals surface area contributed by atoms with E-state index in [2.05, 4.69) is 28.0 Å². The highest BCUT2D eigenvalue weighted by atomic mass is 32.1. The predicted octanol–water partition coefficient (Wildman–Crippen LogP) is 4.00. The van der Waals surface area contributed by atoms with Crippen molar-refractivity contribution in [1.82, 2.24) is 5.43 Å². The molecule has 6 heteroatoms. The van der Waals surface area contributed by atoms with Crippen LogP contribution in [0.5, 0.6) is 11.5 Å². The lowest BCUT2D eigenvalue weighted by Gasteiger charge is -2.11. The number of aryl methyl sites for hydroxylation is 1. The maximum absolute atomic E-state index is 5.28. The average Bonchev–Trinajstić information content (AvgIpc) is 2.65. The fourth-order valence-corrected chi connectivity index (χ4v) is 2.37. The molecule has 2 aromatic carbocycles. The van der Waals surface area contributed by atoms with Crippen molar-refractivity contribution in [3.05, 3.63) is 54.1 Å². The summed E-state index contributed by atoms with van der Waals surface area (Å²) in [5.74, 6) is 1.59. The highest BCUT2D eigenvalue weighted by Gasteiger charge is 2.03. The van der Waals surface area contributed by atoms with Gasteiger partial charge in [-0.2, -0.15) is 5.10 Å². The smallest absolute Gasteiger partial charge is 0.191 e. The van der Waals surface area contributed by atoms with E-state index in [0.29, 0.717) is 5.11 Å². The van der Waals surface area contributed by atoms with Crippen molar-refractivity contribution in [2.75, 3.05) is 19.5 Å². The number of hydrogen-bond donors (Lipinski definition) is 2. The average molecular weight is 357 g/mol. The number of benzene rings is 2. The van der Waals surface area contributed by atoms with Crippen LogP contribution in [0.3, 0.4) is 0 Å². The molecule has 0 heterocycles. The molecule has 0 saturated heterocycles. The molecule has 0 atom stereocenters. The monoisotopic (exact) mass is 357 g/mol. The van der Waals surface area contributed by atoms with Crippen LogP contribution < -0.4 is 20.2 Å². The van der Waals surface area contributed by atoms with Crippen molar-refractivity contribution in [3.63, 3.8) is 0 Å². The van der Waals surface area contributed by atoms with Gasteiger partial charge in [-0.25, -0.2) is 0 Å². The van der Waals surface area contributed by atoms with Gasteiger partial charge >= 0.3 is 0 Å². The van der Waals surface area contributed by atoms with Gasteiger partial charge in [0.05, 0.1) is 19.9 Å². The zero-order valence-corrected chi connectivity index (χ0v) is 15.5. The van der Waals surface area contributed by atoms with Crippen LogP contribution in [0.4, 0.5) is 5.69 Å². The van der Waals surface area contributed by atoms with Gasteiger partial charge in [0.25, 0.3) is 0 Å². The predicted molar refractivity (Wildman–Crippen MR) is 107 cm³/mol. The number of thiocarbonyl (C=S) groups is 1. The van der Waals surface area contributed by atoms with E-state index < -0.39 is 0 Å². The van der Waals surface area contributed by atoms with E-state index in [1.54, 1.807) is 14.2 Å². The van der Waals surface area contributed by atoms with Crippen molar-refractivity contribution in [2.24, 2.45) is 5.10 Å². The topological polar surface area (TPSA) is 54.9 Å². The Morgan fingerprint density at radius 1 is 1.04 bits per heavy atom. The number of nitrogens with zero attached hydrogens (tertiary/aromatic N) is 1. The summed E-state index contributed by atoms with van der Waals surface area (Å²) in [5, 5.41) is 7.82. The fourth-order valence-electron chi connectivity index (χ4n) is 2.22. The molecule has 0 aromatic heterocycles. The minimum absolute atomic E-state index is 0.424. The van der Waals surface area contributed by atoms with Crippen LogP contribution in [0.1, 0.15) is 18.9 Å². The van der Waals surface area contributed by atoms with E-state index in [1.807, 2.05) is 43.3 Å². The molecule has 0 fully saturated rings. The highest BCUT2D eigenvalue weighted by molar-refractivity contribution is 7.80. The van der Waals surface area contributed by atoms with E-state index in [0.717, 1.165) is 35.7 Å². The van der Waals surface area contributed by atoms with Gasteiger partial charge in [-0.1, -0.05) is 24.3 Å². The lowest BCUT2D eigenvalue weighted by molar-refractivity contribution is 0.414. The Morgan fingerprint density at radius 3 is 2.44 bits per heavy atom. The Kier molecular flexibility index (Phi) is 7.22. The molecule has 0 aliphatic rings. The summed E-state index contributed by atoms with van der Waals surface area (Å²) >= 11 is 5.27. The number of hydrazone groups is 1. The maximum atomic E-state index is 5.28. The van der Waals surface area contributed by atoms with Crippen molar-refractivity contribution >= 4 is 28.7 Å². The number of rotatable bonds is 7. The van der Waals surface area contributed by atoms with Gasteiger partial charge in [0.1, 0.15) is 11.5 Å². The molecule has 0 radical (unpaired) electrons. The summed E-state index contributed by atoms with van der Waals surface area (Å²) in [6.45, 7) is 1.97. The molecule has 0 saturated carbocycles. The van der Waals surface area contributed by atoms with Crippen LogP contribution in [0.15, 0.2) is 53.6 Å². The Hall–Kier alpha value is -2.60. The molecule has 2 aromatic rings. The second-order valence-electron chi connectivity index (χ2n) is 5.46. The van der Waals surface area contributed by atoms with Crippen LogP contribution in [-0.4, -0.2) is 25.0 Å². The van der Waals surface area contributed by atoms with Crippen molar-refractivity contribution in [1.29, 1.82) is 0 Å². The molecule has 0 unspecified atom stereocenters. The Labute approximate surface area is 154 Å². The summed E-state index contributed by atoms with van der Waals surface area (Å²) in [4.78, 5) is 0. The number of anilines is 1. The summed E-state index contributed by atoms with van der Waals surface area (Å²) < 4.78 is 10.4. The number of nitrogens with one attached hydrogen (secondary N) is 2. The van der Waals surface area contributed by atoms with E-state index in [9.17, 15) is 0 Å². The third-order valence-electron chi connectivity index (χ3n) is 3.64. The van der Waals surface area contributed by atoms with Gasteiger partial charge in [-0.05, 0) is 61.8 Å². The van der Waals surface area contributed by atoms with Crippen LogP contribution in [0.2, 0.25) is 0 Å².